The molecule has 0 aliphatic rings. The zero-order valence-corrected chi connectivity index (χ0v) is 12.7. The highest BCUT2D eigenvalue weighted by atomic mass is 32.1. The van der Waals surface area contributed by atoms with E-state index < -0.39 is 0 Å². The van der Waals surface area contributed by atoms with Crippen LogP contribution in [-0.2, 0) is 16.9 Å². The molecule has 1 amide bonds. The van der Waals surface area contributed by atoms with Crippen LogP contribution in [0.15, 0.2) is 29.0 Å². The molecule has 0 aromatic carbocycles. The van der Waals surface area contributed by atoms with E-state index in [0.29, 0.717) is 6.54 Å². The fourth-order valence-corrected chi connectivity index (χ4v) is 2.53. The molecule has 6 heteroatoms. The molecule has 0 atom stereocenters. The van der Waals surface area contributed by atoms with Gasteiger partial charge >= 0.3 is 0 Å². The Labute approximate surface area is 122 Å². The Morgan fingerprint density at radius 2 is 2.30 bits per heavy atom. The van der Waals surface area contributed by atoms with E-state index in [1.807, 2.05) is 33.0 Å². The minimum absolute atomic E-state index is 0.0669. The van der Waals surface area contributed by atoms with Crippen LogP contribution in [-0.4, -0.2) is 17.4 Å². The zero-order chi connectivity index (χ0) is 14.6. The predicted octanol–water partition coefficient (Wildman–Crippen LogP) is 2.19. The number of hydrogen-bond acceptors (Lipinski definition) is 5. The molecular weight excluding hydrogens is 274 g/mol. The van der Waals surface area contributed by atoms with Crippen LogP contribution in [0.5, 0.6) is 0 Å². The van der Waals surface area contributed by atoms with E-state index >= 15 is 0 Å². The number of amides is 1. The summed E-state index contributed by atoms with van der Waals surface area (Å²) in [7, 11) is 0. The summed E-state index contributed by atoms with van der Waals surface area (Å²) < 4.78 is 5.16. The highest BCUT2D eigenvalue weighted by molar-refractivity contribution is 7.11. The van der Waals surface area contributed by atoms with Crippen molar-refractivity contribution in [3.8, 4) is 0 Å². The lowest BCUT2D eigenvalue weighted by Gasteiger charge is -2.23. The molecule has 0 fully saturated rings. The van der Waals surface area contributed by atoms with Crippen molar-refractivity contribution in [1.82, 2.24) is 15.6 Å². The summed E-state index contributed by atoms with van der Waals surface area (Å²) in [6.45, 7) is 6.71. The van der Waals surface area contributed by atoms with Crippen molar-refractivity contribution in [3.63, 3.8) is 0 Å². The van der Waals surface area contributed by atoms with Crippen LogP contribution in [0, 0.1) is 6.92 Å². The van der Waals surface area contributed by atoms with Crippen LogP contribution in [0.1, 0.15) is 29.5 Å². The van der Waals surface area contributed by atoms with Gasteiger partial charge in [-0.25, -0.2) is 4.98 Å². The lowest BCUT2D eigenvalue weighted by atomic mass is 10.1. The molecule has 2 heterocycles. The Hall–Kier alpha value is -1.66. The van der Waals surface area contributed by atoms with Crippen molar-refractivity contribution in [2.24, 2.45) is 0 Å². The normalized spacial score (nSPS) is 11.6. The number of nitrogens with one attached hydrogen (secondary N) is 2. The summed E-state index contributed by atoms with van der Waals surface area (Å²) in [5, 5.41) is 7.01. The summed E-state index contributed by atoms with van der Waals surface area (Å²) in [5.41, 5.74) is -0.319. The average molecular weight is 293 g/mol. The van der Waals surface area contributed by atoms with E-state index in [4.69, 9.17) is 4.42 Å². The molecule has 0 bridgehead atoms. The number of rotatable bonds is 6. The Morgan fingerprint density at radius 3 is 2.90 bits per heavy atom. The number of carbonyl (C=O) groups is 1. The molecule has 5 nitrogen and oxygen atoms in total. The first-order chi connectivity index (χ1) is 9.47. The molecule has 2 aromatic heterocycles. The number of furan rings is 1. The van der Waals surface area contributed by atoms with E-state index in [2.05, 4.69) is 15.6 Å². The molecule has 0 aliphatic carbocycles. The van der Waals surface area contributed by atoms with Crippen LogP contribution < -0.4 is 10.6 Å². The van der Waals surface area contributed by atoms with Gasteiger partial charge in [-0.15, -0.1) is 11.3 Å². The topological polar surface area (TPSA) is 67.2 Å². The third-order valence-electron chi connectivity index (χ3n) is 2.89. The molecular formula is C14H19N3O2S. The molecule has 0 radical (unpaired) electrons. The van der Waals surface area contributed by atoms with E-state index in [1.165, 1.54) is 0 Å². The first-order valence-corrected chi connectivity index (χ1v) is 7.26. The molecule has 0 unspecified atom stereocenters. The number of thiazole rings is 1. The van der Waals surface area contributed by atoms with Gasteiger partial charge in [-0.2, -0.15) is 0 Å². The molecule has 2 rings (SSSR count). The van der Waals surface area contributed by atoms with E-state index in [0.717, 1.165) is 15.6 Å². The lowest BCUT2D eigenvalue weighted by Crippen LogP contribution is -2.43. The highest BCUT2D eigenvalue weighted by Gasteiger charge is 2.24. The van der Waals surface area contributed by atoms with Crippen molar-refractivity contribution >= 4 is 17.2 Å². The number of nitrogens with zero attached hydrogens (tertiary/aromatic N) is 1. The maximum Gasteiger partial charge on any atom is 0.234 e. The van der Waals surface area contributed by atoms with Crippen LogP contribution in [0.25, 0.3) is 0 Å². The first kappa shape index (κ1) is 14.7. The van der Waals surface area contributed by atoms with E-state index in [1.54, 1.807) is 23.7 Å². The first-order valence-electron chi connectivity index (χ1n) is 6.44. The second-order valence-corrected chi connectivity index (χ2v) is 6.35. The number of carbonyl (C=O) groups excluding carboxylic acids is 1. The van der Waals surface area contributed by atoms with Gasteiger partial charge in [0.1, 0.15) is 10.8 Å². The summed E-state index contributed by atoms with van der Waals surface area (Å²) in [5.74, 6) is 0.677. The fourth-order valence-electron chi connectivity index (χ4n) is 1.68. The Morgan fingerprint density at radius 1 is 1.50 bits per heavy atom. The Kier molecular flexibility index (Phi) is 4.57. The molecule has 108 valence electrons. The maximum atomic E-state index is 11.8. The monoisotopic (exact) mass is 293 g/mol. The van der Waals surface area contributed by atoms with Gasteiger partial charge in [0.2, 0.25) is 5.91 Å². The van der Waals surface area contributed by atoms with Crippen LogP contribution in [0.3, 0.4) is 0 Å². The zero-order valence-electron chi connectivity index (χ0n) is 11.9. The van der Waals surface area contributed by atoms with Crippen molar-refractivity contribution in [2.45, 2.75) is 32.9 Å². The third-order valence-corrected chi connectivity index (χ3v) is 4.12. The summed E-state index contributed by atoms with van der Waals surface area (Å²) in [6.07, 6.45) is 3.44. The summed E-state index contributed by atoms with van der Waals surface area (Å²) >= 11 is 1.64. The minimum Gasteiger partial charge on any atom is -0.467 e. The number of aryl methyl sites for hydroxylation is 1. The van der Waals surface area contributed by atoms with Crippen molar-refractivity contribution in [3.05, 3.63) is 40.2 Å². The van der Waals surface area contributed by atoms with E-state index in [-0.39, 0.29) is 18.0 Å². The fraction of sp³-hybridized carbons (Fsp3) is 0.429. The third kappa shape index (κ3) is 3.91. The van der Waals surface area contributed by atoms with Crippen molar-refractivity contribution in [2.75, 3.05) is 6.54 Å². The second kappa shape index (κ2) is 6.19. The molecule has 0 saturated heterocycles. The molecule has 0 aliphatic heterocycles. The van der Waals surface area contributed by atoms with Gasteiger partial charge in [0.05, 0.1) is 24.9 Å². The highest BCUT2D eigenvalue weighted by Crippen LogP contribution is 2.24. The predicted molar refractivity (Wildman–Crippen MR) is 78.4 cm³/mol. The SMILES string of the molecule is Cc1cnc(C(C)(C)NCC(=O)NCc2ccco2)s1. The molecule has 20 heavy (non-hydrogen) atoms. The maximum absolute atomic E-state index is 11.8. The van der Waals surface area contributed by atoms with E-state index in [9.17, 15) is 4.79 Å². The molecule has 0 spiro atoms. The average Bonchev–Trinajstić information content (AvgIpc) is 3.05. The molecule has 2 aromatic rings. The standard InChI is InChI=1S/C14H19N3O2S/c1-10-7-16-13(20-10)14(2,3)17-9-12(18)15-8-11-5-4-6-19-11/h4-7,17H,8-9H2,1-3H3,(H,15,18). The molecule has 2 N–H and O–H groups in total. The van der Waals surface area contributed by atoms with Gasteiger partial charge in [0.25, 0.3) is 0 Å². The van der Waals surface area contributed by atoms with Gasteiger partial charge in [-0.3, -0.25) is 10.1 Å². The second-order valence-electron chi connectivity index (χ2n) is 5.11. The Balaban J connectivity index is 1.80. The summed E-state index contributed by atoms with van der Waals surface area (Å²) in [6, 6.07) is 3.63. The van der Waals surface area contributed by atoms with Gasteiger partial charge in [0, 0.05) is 11.1 Å². The van der Waals surface area contributed by atoms with Gasteiger partial charge in [-0.05, 0) is 32.9 Å². The number of hydrogen-bond donors (Lipinski definition) is 2. The minimum atomic E-state index is -0.319. The van der Waals surface area contributed by atoms with Crippen molar-refractivity contribution < 1.29 is 9.21 Å². The molecule has 0 saturated carbocycles. The quantitative estimate of drug-likeness (QED) is 0.856. The van der Waals surface area contributed by atoms with Gasteiger partial charge < -0.3 is 9.73 Å². The van der Waals surface area contributed by atoms with Crippen LogP contribution >= 0.6 is 11.3 Å². The van der Waals surface area contributed by atoms with Crippen LogP contribution in [0.2, 0.25) is 0 Å². The summed E-state index contributed by atoms with van der Waals surface area (Å²) in [4.78, 5) is 17.3. The van der Waals surface area contributed by atoms with Gasteiger partial charge in [-0.1, -0.05) is 0 Å². The van der Waals surface area contributed by atoms with Crippen LogP contribution in [0.4, 0.5) is 0 Å². The van der Waals surface area contributed by atoms with Gasteiger partial charge in [0.15, 0.2) is 0 Å². The smallest absolute Gasteiger partial charge is 0.234 e. The largest absolute Gasteiger partial charge is 0.467 e. The number of aromatic nitrogens is 1. The lowest BCUT2D eigenvalue weighted by molar-refractivity contribution is -0.120. The van der Waals surface area contributed by atoms with Crippen molar-refractivity contribution in [1.29, 1.82) is 0 Å². The Bertz CT molecular complexity index is 561.